The monoisotopic (exact) mass is 507 g/mol. The van der Waals surface area contributed by atoms with Crippen LogP contribution in [0.5, 0.6) is 0 Å². The molecule has 1 aromatic heterocycles. The lowest BCUT2D eigenvalue weighted by Crippen LogP contribution is -2.58. The third-order valence-electron chi connectivity index (χ3n) is 6.45. The van der Waals surface area contributed by atoms with E-state index in [1.807, 2.05) is 30.9 Å². The van der Waals surface area contributed by atoms with Crippen LogP contribution in [0.4, 0.5) is 10.7 Å². The van der Waals surface area contributed by atoms with Crippen LogP contribution in [-0.4, -0.2) is 70.7 Å². The molecule has 1 aliphatic carbocycles. The largest absolute Gasteiger partial charge is 0.403 e. The van der Waals surface area contributed by atoms with Gasteiger partial charge in [-0.2, -0.15) is 0 Å². The number of ether oxygens (including phenoxy) is 1. The van der Waals surface area contributed by atoms with Gasteiger partial charge < -0.3 is 31.1 Å². The third-order valence-corrected chi connectivity index (χ3v) is 6.45. The Bertz CT molecular complexity index is 1130. The summed E-state index contributed by atoms with van der Waals surface area (Å²) < 4.78 is 5.78. The molecule has 1 aliphatic heterocycles. The maximum Gasteiger partial charge on any atom is 0.318 e. The maximum atomic E-state index is 12.9. The summed E-state index contributed by atoms with van der Waals surface area (Å²) in [5.74, 6) is 0.402. The number of carbonyl (C=O) groups excluding carboxylic acids is 1. The minimum atomic E-state index is -0.0326. The number of allylic oxidation sites excluding steroid dienone is 1. The van der Waals surface area contributed by atoms with Gasteiger partial charge in [0.1, 0.15) is 0 Å². The average Bonchev–Trinajstić information content (AvgIpc) is 3.07. The Morgan fingerprint density at radius 2 is 2.16 bits per heavy atom. The summed E-state index contributed by atoms with van der Waals surface area (Å²) in [7, 11) is 0. The second kappa shape index (κ2) is 12.6. The predicted molar refractivity (Wildman–Crippen MR) is 144 cm³/mol. The average molecular weight is 508 g/mol. The van der Waals surface area contributed by atoms with Gasteiger partial charge in [-0.25, -0.2) is 14.8 Å². The minimum absolute atomic E-state index is 0.0119. The zero-order valence-electron chi connectivity index (χ0n) is 21.6. The van der Waals surface area contributed by atoms with Gasteiger partial charge in [0.05, 0.1) is 55.9 Å². The van der Waals surface area contributed by atoms with Gasteiger partial charge in [-0.1, -0.05) is 18.6 Å². The van der Waals surface area contributed by atoms with E-state index in [0.29, 0.717) is 31.3 Å². The van der Waals surface area contributed by atoms with Crippen LogP contribution in [0.2, 0.25) is 0 Å². The molecule has 2 heterocycles. The number of aryl methyl sites for hydroxylation is 1. The summed E-state index contributed by atoms with van der Waals surface area (Å²) in [5.41, 5.74) is 10.4. The van der Waals surface area contributed by atoms with Gasteiger partial charge in [-0.05, 0) is 56.4 Å². The molecule has 1 atom stereocenters. The van der Waals surface area contributed by atoms with E-state index in [4.69, 9.17) is 15.6 Å². The lowest BCUT2D eigenvalue weighted by Gasteiger charge is -2.40. The van der Waals surface area contributed by atoms with Crippen molar-refractivity contribution in [1.82, 2.24) is 20.2 Å². The first kappa shape index (κ1) is 26.6. The number of benzene rings is 1. The lowest BCUT2D eigenvalue weighted by molar-refractivity contribution is -0.0644. The SMILES string of the molecule is CC(C)OC1CN(C(=O)NC2CCCCc3cc(-c4ccnc(NC(C=NCCO)=CN)n4)ccc32)C1. The van der Waals surface area contributed by atoms with E-state index in [0.717, 1.165) is 36.9 Å². The molecule has 1 saturated heterocycles. The van der Waals surface area contributed by atoms with Crippen LogP contribution in [0.1, 0.15) is 50.3 Å². The fourth-order valence-corrected chi connectivity index (χ4v) is 4.65. The molecule has 198 valence electrons. The van der Waals surface area contributed by atoms with Crippen LogP contribution < -0.4 is 16.4 Å². The number of hydrogen-bond donors (Lipinski definition) is 4. The lowest BCUT2D eigenvalue weighted by atomic mass is 9.95. The highest BCUT2D eigenvalue weighted by molar-refractivity contribution is 5.82. The van der Waals surface area contributed by atoms with Crippen molar-refractivity contribution in [1.29, 1.82) is 0 Å². The molecule has 10 nitrogen and oxygen atoms in total. The van der Waals surface area contributed by atoms with Crippen LogP contribution in [0, 0.1) is 0 Å². The Kier molecular flexibility index (Phi) is 9.08. The number of aromatic nitrogens is 2. The summed E-state index contributed by atoms with van der Waals surface area (Å²) in [6.07, 6.45) is 8.93. The summed E-state index contributed by atoms with van der Waals surface area (Å²) in [6.45, 7) is 5.57. The van der Waals surface area contributed by atoms with Crippen LogP contribution in [0.15, 0.2) is 47.4 Å². The Labute approximate surface area is 218 Å². The highest BCUT2D eigenvalue weighted by Gasteiger charge is 2.33. The number of nitrogens with zero attached hydrogens (tertiary/aromatic N) is 4. The first-order chi connectivity index (χ1) is 18.0. The molecule has 2 aliphatic rings. The topological polar surface area (TPSA) is 138 Å². The zero-order chi connectivity index (χ0) is 26.2. The smallest absolute Gasteiger partial charge is 0.318 e. The molecule has 10 heteroatoms. The van der Waals surface area contributed by atoms with Crippen LogP contribution in [0.25, 0.3) is 11.3 Å². The van der Waals surface area contributed by atoms with E-state index in [-0.39, 0.29) is 30.9 Å². The van der Waals surface area contributed by atoms with Gasteiger partial charge in [0.25, 0.3) is 0 Å². The highest BCUT2D eigenvalue weighted by Crippen LogP contribution is 2.32. The number of nitrogens with one attached hydrogen (secondary N) is 2. The molecule has 1 unspecified atom stereocenters. The van der Waals surface area contributed by atoms with Gasteiger partial charge in [0, 0.05) is 24.2 Å². The van der Waals surface area contributed by atoms with Crippen molar-refractivity contribution in [2.45, 2.75) is 57.8 Å². The number of aliphatic imine (C=N–C) groups is 1. The van der Waals surface area contributed by atoms with E-state index in [1.165, 1.54) is 17.3 Å². The van der Waals surface area contributed by atoms with Gasteiger partial charge in [0.2, 0.25) is 5.95 Å². The number of likely N-dealkylation sites (tertiary alicyclic amines) is 1. The van der Waals surface area contributed by atoms with Crippen molar-refractivity contribution in [3.05, 3.63) is 53.5 Å². The number of aliphatic hydroxyl groups is 1. The molecular formula is C27H37N7O3. The number of aliphatic hydroxyl groups excluding tert-OH is 1. The number of rotatable bonds is 9. The van der Waals surface area contributed by atoms with Crippen LogP contribution in [-0.2, 0) is 11.2 Å². The van der Waals surface area contributed by atoms with Crippen molar-refractivity contribution in [3.63, 3.8) is 0 Å². The summed E-state index contributed by atoms with van der Waals surface area (Å²) >= 11 is 0. The molecule has 37 heavy (non-hydrogen) atoms. The zero-order valence-corrected chi connectivity index (χ0v) is 21.6. The minimum Gasteiger partial charge on any atom is -0.403 e. The molecular weight excluding hydrogens is 470 g/mol. The number of nitrogens with two attached hydrogens (primary N) is 1. The van der Waals surface area contributed by atoms with Crippen molar-refractivity contribution in [3.8, 4) is 11.3 Å². The van der Waals surface area contributed by atoms with Crippen LogP contribution >= 0.6 is 0 Å². The molecule has 1 aromatic carbocycles. The number of fused-ring (bicyclic) bond motifs is 1. The van der Waals surface area contributed by atoms with E-state index in [9.17, 15) is 4.79 Å². The first-order valence-corrected chi connectivity index (χ1v) is 12.9. The molecule has 1 fully saturated rings. The Morgan fingerprint density at radius 1 is 1.32 bits per heavy atom. The van der Waals surface area contributed by atoms with Crippen molar-refractivity contribution in [2.24, 2.45) is 10.7 Å². The van der Waals surface area contributed by atoms with Gasteiger partial charge >= 0.3 is 6.03 Å². The number of urea groups is 1. The molecule has 0 spiro atoms. The van der Waals surface area contributed by atoms with Gasteiger partial charge in [-0.3, -0.25) is 4.99 Å². The Hall–Kier alpha value is -3.50. The van der Waals surface area contributed by atoms with Crippen molar-refractivity contribution >= 4 is 18.2 Å². The summed E-state index contributed by atoms with van der Waals surface area (Å²) in [5, 5.41) is 15.2. The van der Waals surface area contributed by atoms with Gasteiger partial charge in [-0.15, -0.1) is 0 Å². The maximum absolute atomic E-state index is 12.9. The van der Waals surface area contributed by atoms with Crippen molar-refractivity contribution < 1.29 is 14.6 Å². The predicted octanol–water partition coefficient (Wildman–Crippen LogP) is 3.00. The fraction of sp³-hybridized carbons (Fsp3) is 0.481. The second-order valence-corrected chi connectivity index (χ2v) is 9.64. The molecule has 0 bridgehead atoms. The Balaban J connectivity index is 1.45. The number of amides is 2. The number of hydrogen-bond acceptors (Lipinski definition) is 8. The molecule has 0 saturated carbocycles. The third kappa shape index (κ3) is 7.05. The van der Waals surface area contributed by atoms with E-state index in [1.54, 1.807) is 12.4 Å². The van der Waals surface area contributed by atoms with Crippen molar-refractivity contribution in [2.75, 3.05) is 31.6 Å². The first-order valence-electron chi connectivity index (χ1n) is 12.9. The summed E-state index contributed by atoms with van der Waals surface area (Å²) in [4.78, 5) is 27.7. The molecule has 4 rings (SSSR count). The van der Waals surface area contributed by atoms with E-state index in [2.05, 4.69) is 37.7 Å². The fourth-order valence-electron chi connectivity index (χ4n) is 4.65. The van der Waals surface area contributed by atoms with E-state index >= 15 is 0 Å². The highest BCUT2D eigenvalue weighted by atomic mass is 16.5. The molecule has 2 amide bonds. The van der Waals surface area contributed by atoms with Crippen LogP contribution in [0.3, 0.4) is 0 Å². The van der Waals surface area contributed by atoms with Gasteiger partial charge in [0.15, 0.2) is 0 Å². The van der Waals surface area contributed by atoms with E-state index < -0.39 is 0 Å². The Morgan fingerprint density at radius 3 is 2.92 bits per heavy atom. The quantitative estimate of drug-likeness (QED) is 0.302. The number of carbonyl (C=O) groups is 1. The molecule has 0 radical (unpaired) electrons. The number of anilines is 1. The second-order valence-electron chi connectivity index (χ2n) is 9.64. The molecule has 5 N–H and O–H groups in total. The standard InChI is InChI=1S/C27H37N7O3/c1-18(2)37-22-16-34(17-22)27(36)33-25-6-4-3-5-19-13-20(7-8-23(19)25)24-9-10-30-26(32-24)31-21(14-28)15-29-11-12-35/h7-10,13-15,18,22,25,35H,3-6,11-12,16-17,28H2,1-2H3,(H,33,36)(H,30,31,32). The normalized spacial score (nSPS) is 18.4. The molecule has 2 aromatic rings. The summed E-state index contributed by atoms with van der Waals surface area (Å²) in [6, 6.07) is 8.17.